The lowest BCUT2D eigenvalue weighted by molar-refractivity contribution is -0.139. The van der Waals surface area contributed by atoms with Crippen LogP contribution < -0.4 is 5.56 Å². The highest BCUT2D eigenvalue weighted by Crippen LogP contribution is 2.59. The van der Waals surface area contributed by atoms with Crippen molar-refractivity contribution in [2.24, 2.45) is 11.3 Å². The fourth-order valence-corrected chi connectivity index (χ4v) is 3.37. The molecule has 0 N–H and O–H groups in total. The van der Waals surface area contributed by atoms with Gasteiger partial charge >= 0.3 is 5.97 Å². The summed E-state index contributed by atoms with van der Waals surface area (Å²) in [5.41, 5.74) is 0.923. The molecule has 1 aromatic heterocycles. The first-order valence-electron chi connectivity index (χ1n) is 7.22. The van der Waals surface area contributed by atoms with Crippen LogP contribution in [-0.2, 0) is 22.5 Å². The van der Waals surface area contributed by atoms with E-state index in [-0.39, 0.29) is 12.0 Å². The Morgan fingerprint density at radius 2 is 2.30 bits per heavy atom. The zero-order valence-corrected chi connectivity index (χ0v) is 11.8. The van der Waals surface area contributed by atoms with Crippen LogP contribution >= 0.6 is 0 Å². The highest BCUT2D eigenvalue weighted by atomic mass is 16.5. The molecular weight excluding hydrogens is 256 g/mol. The first-order valence-corrected chi connectivity index (χ1v) is 7.22. The van der Waals surface area contributed by atoms with Gasteiger partial charge in [0.05, 0.1) is 19.9 Å². The van der Waals surface area contributed by atoms with Crippen molar-refractivity contribution in [1.82, 2.24) is 9.55 Å². The number of esters is 1. The van der Waals surface area contributed by atoms with E-state index in [1.807, 2.05) is 0 Å². The molecule has 2 aliphatic rings. The number of ether oxygens (including phenoxy) is 1. The molecule has 20 heavy (non-hydrogen) atoms. The smallest absolute Gasteiger partial charge is 0.310 e. The van der Waals surface area contributed by atoms with Gasteiger partial charge in [0.15, 0.2) is 0 Å². The molecule has 2 fully saturated rings. The molecule has 0 aliphatic heterocycles. The Morgan fingerprint density at radius 3 is 2.95 bits per heavy atom. The molecule has 2 aliphatic carbocycles. The summed E-state index contributed by atoms with van der Waals surface area (Å²) < 4.78 is 6.26. The molecule has 1 heterocycles. The lowest BCUT2D eigenvalue weighted by atomic mass is 10.0. The van der Waals surface area contributed by atoms with E-state index in [1.54, 1.807) is 10.9 Å². The minimum atomic E-state index is -0.403. The number of carbonyl (C=O) groups is 1. The zero-order valence-electron chi connectivity index (χ0n) is 11.8. The van der Waals surface area contributed by atoms with E-state index in [2.05, 4.69) is 9.72 Å². The molecule has 1 aromatic rings. The summed E-state index contributed by atoms with van der Waals surface area (Å²) in [5.74, 6) is 0.171. The van der Waals surface area contributed by atoms with Crippen LogP contribution in [0.15, 0.2) is 17.3 Å². The average molecular weight is 276 g/mol. The highest BCUT2D eigenvalue weighted by Gasteiger charge is 2.47. The second kappa shape index (κ2) is 5.04. The van der Waals surface area contributed by atoms with Gasteiger partial charge in [-0.1, -0.05) is 0 Å². The van der Waals surface area contributed by atoms with Gasteiger partial charge in [0.1, 0.15) is 0 Å². The Balaban J connectivity index is 1.71. The second-order valence-electron chi connectivity index (χ2n) is 6.24. The van der Waals surface area contributed by atoms with Crippen LogP contribution in [0.5, 0.6) is 0 Å². The van der Waals surface area contributed by atoms with Crippen molar-refractivity contribution < 1.29 is 9.53 Å². The third-order valence-electron chi connectivity index (χ3n) is 4.75. The standard InChI is InChI=1S/C15H20N2O3/c1-20-13(18)6-12-8-16-10-17(14(12)19)9-11-2-3-15(7-11)4-5-15/h8,10-11H,2-7,9H2,1H3. The Kier molecular flexibility index (Phi) is 3.36. The molecule has 1 atom stereocenters. The number of nitrogens with zero attached hydrogens (tertiary/aromatic N) is 2. The van der Waals surface area contributed by atoms with Crippen LogP contribution in [0.25, 0.3) is 0 Å². The molecule has 108 valence electrons. The quantitative estimate of drug-likeness (QED) is 0.783. The van der Waals surface area contributed by atoms with E-state index in [0.29, 0.717) is 16.9 Å². The molecule has 0 amide bonds. The van der Waals surface area contributed by atoms with Crippen molar-refractivity contribution in [1.29, 1.82) is 0 Å². The molecule has 5 heteroatoms. The molecule has 3 rings (SSSR count). The second-order valence-corrected chi connectivity index (χ2v) is 6.24. The fourth-order valence-electron chi connectivity index (χ4n) is 3.37. The van der Waals surface area contributed by atoms with E-state index in [0.717, 1.165) is 6.54 Å². The van der Waals surface area contributed by atoms with Gasteiger partial charge in [-0.2, -0.15) is 0 Å². The number of hydrogen-bond donors (Lipinski definition) is 0. The van der Waals surface area contributed by atoms with Crippen LogP contribution in [0, 0.1) is 11.3 Å². The predicted octanol–water partition coefficient (Wildman–Crippen LogP) is 1.54. The number of carbonyl (C=O) groups excluding carboxylic acids is 1. The fraction of sp³-hybridized carbons (Fsp3) is 0.667. The molecule has 2 saturated carbocycles. The molecule has 5 nitrogen and oxygen atoms in total. The van der Waals surface area contributed by atoms with Gasteiger partial charge in [-0.25, -0.2) is 4.98 Å². The van der Waals surface area contributed by atoms with Crippen LogP contribution in [0.1, 0.15) is 37.7 Å². The van der Waals surface area contributed by atoms with Gasteiger partial charge in [-0.15, -0.1) is 0 Å². The highest BCUT2D eigenvalue weighted by molar-refractivity contribution is 5.72. The molecule has 0 aromatic carbocycles. The summed E-state index contributed by atoms with van der Waals surface area (Å²) >= 11 is 0. The maximum absolute atomic E-state index is 12.3. The van der Waals surface area contributed by atoms with E-state index in [1.165, 1.54) is 45.4 Å². The maximum Gasteiger partial charge on any atom is 0.310 e. The van der Waals surface area contributed by atoms with Crippen molar-refractivity contribution >= 4 is 5.97 Å². The lowest BCUT2D eigenvalue weighted by Crippen LogP contribution is -2.28. The molecule has 0 saturated heterocycles. The van der Waals surface area contributed by atoms with Crippen molar-refractivity contribution in [3.63, 3.8) is 0 Å². The van der Waals surface area contributed by atoms with Crippen molar-refractivity contribution in [2.45, 2.75) is 45.1 Å². The monoisotopic (exact) mass is 276 g/mol. The first-order chi connectivity index (χ1) is 9.62. The van der Waals surface area contributed by atoms with Crippen molar-refractivity contribution in [2.75, 3.05) is 7.11 Å². The van der Waals surface area contributed by atoms with E-state index in [4.69, 9.17) is 0 Å². The topological polar surface area (TPSA) is 61.2 Å². The van der Waals surface area contributed by atoms with Gasteiger partial charge in [-0.05, 0) is 43.4 Å². The molecular formula is C15H20N2O3. The summed E-state index contributed by atoms with van der Waals surface area (Å²) in [6, 6.07) is 0. The number of rotatable bonds is 4. The Morgan fingerprint density at radius 1 is 1.50 bits per heavy atom. The molecule has 0 bridgehead atoms. The number of hydrogen-bond acceptors (Lipinski definition) is 4. The summed E-state index contributed by atoms with van der Waals surface area (Å²) in [6.45, 7) is 0.725. The third-order valence-corrected chi connectivity index (χ3v) is 4.75. The van der Waals surface area contributed by atoms with Gasteiger partial charge in [-0.3, -0.25) is 14.2 Å². The Labute approximate surface area is 118 Å². The minimum Gasteiger partial charge on any atom is -0.469 e. The predicted molar refractivity (Wildman–Crippen MR) is 73.2 cm³/mol. The molecule has 1 unspecified atom stereocenters. The minimum absolute atomic E-state index is 0.00220. The largest absolute Gasteiger partial charge is 0.469 e. The number of aromatic nitrogens is 2. The summed E-state index contributed by atoms with van der Waals surface area (Å²) in [6.07, 6.45) is 9.51. The Bertz CT molecular complexity index is 575. The van der Waals surface area contributed by atoms with Crippen LogP contribution in [0.4, 0.5) is 0 Å². The maximum atomic E-state index is 12.3. The first kappa shape index (κ1) is 13.3. The van der Waals surface area contributed by atoms with Gasteiger partial charge in [0.2, 0.25) is 0 Å². The van der Waals surface area contributed by atoms with Crippen molar-refractivity contribution in [3.05, 3.63) is 28.4 Å². The average Bonchev–Trinajstić information content (AvgIpc) is 3.07. The van der Waals surface area contributed by atoms with Crippen LogP contribution in [0.2, 0.25) is 0 Å². The third kappa shape index (κ3) is 2.62. The van der Waals surface area contributed by atoms with E-state index < -0.39 is 5.97 Å². The summed E-state index contributed by atoms with van der Waals surface area (Å²) in [4.78, 5) is 27.7. The van der Waals surface area contributed by atoms with E-state index in [9.17, 15) is 9.59 Å². The van der Waals surface area contributed by atoms with E-state index >= 15 is 0 Å². The van der Waals surface area contributed by atoms with Gasteiger partial charge in [0.25, 0.3) is 5.56 Å². The summed E-state index contributed by atoms with van der Waals surface area (Å²) in [7, 11) is 1.32. The molecule has 1 spiro atoms. The van der Waals surface area contributed by atoms with Crippen LogP contribution in [-0.4, -0.2) is 22.6 Å². The zero-order chi connectivity index (χ0) is 14.2. The van der Waals surface area contributed by atoms with Gasteiger partial charge < -0.3 is 4.74 Å². The van der Waals surface area contributed by atoms with Crippen LogP contribution in [0.3, 0.4) is 0 Å². The SMILES string of the molecule is COC(=O)Cc1cncn(CC2CCC3(CC3)C2)c1=O. The van der Waals surface area contributed by atoms with Crippen molar-refractivity contribution in [3.8, 4) is 0 Å². The lowest BCUT2D eigenvalue weighted by Gasteiger charge is -2.13. The normalized spacial score (nSPS) is 22.9. The Hall–Kier alpha value is -1.65. The van der Waals surface area contributed by atoms with Gasteiger partial charge in [0, 0.05) is 18.3 Å². The number of methoxy groups -OCH3 is 1. The molecule has 0 radical (unpaired) electrons. The summed E-state index contributed by atoms with van der Waals surface area (Å²) in [5, 5.41) is 0.